The summed E-state index contributed by atoms with van der Waals surface area (Å²) in [5.41, 5.74) is 0.943. The third-order valence-electron chi connectivity index (χ3n) is 3.34. The van der Waals surface area contributed by atoms with E-state index < -0.39 is 12.5 Å². The minimum Gasteiger partial charge on any atom is -0.435 e. The molecule has 3 aromatic rings. The first-order valence-electron chi connectivity index (χ1n) is 7.48. The lowest BCUT2D eigenvalue weighted by atomic mass is 10.3. The summed E-state index contributed by atoms with van der Waals surface area (Å²) in [4.78, 5) is 16.5. The lowest BCUT2D eigenvalue weighted by Crippen LogP contribution is -2.14. The van der Waals surface area contributed by atoms with E-state index in [1.807, 2.05) is 0 Å². The van der Waals surface area contributed by atoms with E-state index in [9.17, 15) is 13.6 Å². The van der Waals surface area contributed by atoms with E-state index >= 15 is 0 Å². The maximum absolute atomic E-state index is 12.3. The molecule has 0 radical (unpaired) electrons. The maximum Gasteiger partial charge on any atom is 0.387 e. The van der Waals surface area contributed by atoms with Crippen molar-refractivity contribution in [3.05, 3.63) is 65.2 Å². The van der Waals surface area contributed by atoms with Gasteiger partial charge in [0.05, 0.1) is 5.69 Å². The normalized spacial score (nSPS) is 10.8. The fraction of sp³-hybridized carbons (Fsp3) is 0.118. The number of aryl methyl sites for hydroxylation is 1. The number of carbonyl (C=O) groups is 1. The molecule has 0 fully saturated rings. The number of hydrogen-bond acceptors (Lipinski definition) is 4. The summed E-state index contributed by atoms with van der Waals surface area (Å²) in [6, 6.07) is 12.6. The van der Waals surface area contributed by atoms with Crippen LogP contribution in [0.3, 0.4) is 0 Å². The first-order chi connectivity index (χ1) is 12.4. The zero-order chi connectivity index (χ0) is 18.7. The Morgan fingerprint density at radius 3 is 2.73 bits per heavy atom. The number of alkyl halides is 2. The van der Waals surface area contributed by atoms with Gasteiger partial charge < -0.3 is 10.1 Å². The van der Waals surface area contributed by atoms with Crippen LogP contribution in [0.25, 0.3) is 5.69 Å². The lowest BCUT2D eigenvalue weighted by Gasteiger charge is -2.07. The van der Waals surface area contributed by atoms with Crippen molar-refractivity contribution >= 4 is 23.2 Å². The monoisotopic (exact) mass is 378 g/mol. The van der Waals surface area contributed by atoms with Crippen molar-refractivity contribution in [2.45, 2.75) is 13.5 Å². The van der Waals surface area contributed by atoms with Gasteiger partial charge in [0.1, 0.15) is 11.6 Å². The molecule has 0 unspecified atom stereocenters. The lowest BCUT2D eigenvalue weighted by molar-refractivity contribution is -0.0497. The number of nitrogens with one attached hydrogen (secondary N) is 1. The van der Waals surface area contributed by atoms with E-state index in [0.717, 1.165) is 0 Å². The zero-order valence-electron chi connectivity index (χ0n) is 13.5. The van der Waals surface area contributed by atoms with Gasteiger partial charge in [0, 0.05) is 16.8 Å². The Morgan fingerprint density at radius 1 is 1.23 bits per heavy atom. The number of amides is 1. The number of nitrogens with zero attached hydrogens (tertiary/aromatic N) is 3. The van der Waals surface area contributed by atoms with Gasteiger partial charge in [-0.05, 0) is 37.3 Å². The average Bonchev–Trinajstić information content (AvgIpc) is 2.96. The van der Waals surface area contributed by atoms with Gasteiger partial charge in [-0.1, -0.05) is 23.7 Å². The summed E-state index contributed by atoms with van der Waals surface area (Å²) >= 11 is 5.97. The summed E-state index contributed by atoms with van der Waals surface area (Å²) in [6.07, 6.45) is 0. The molecule has 1 aromatic heterocycles. The Balaban J connectivity index is 1.80. The second kappa shape index (κ2) is 7.49. The minimum atomic E-state index is -2.95. The Bertz CT molecular complexity index is 946. The topological polar surface area (TPSA) is 69.0 Å². The Kier molecular flexibility index (Phi) is 5.13. The molecular formula is C17H13ClF2N4O2. The highest BCUT2D eigenvalue weighted by Crippen LogP contribution is 2.20. The van der Waals surface area contributed by atoms with Gasteiger partial charge >= 0.3 is 6.61 Å². The van der Waals surface area contributed by atoms with Crippen molar-refractivity contribution < 1.29 is 18.3 Å². The third kappa shape index (κ3) is 4.15. The molecule has 0 saturated heterocycles. The van der Waals surface area contributed by atoms with Crippen molar-refractivity contribution in [1.82, 2.24) is 14.8 Å². The van der Waals surface area contributed by atoms with E-state index in [2.05, 4.69) is 20.1 Å². The second-order valence-corrected chi connectivity index (χ2v) is 5.67. The van der Waals surface area contributed by atoms with Crippen LogP contribution in [0.1, 0.15) is 16.4 Å². The number of hydrogen-bond donors (Lipinski definition) is 1. The Hall–Kier alpha value is -3.00. The molecule has 0 saturated carbocycles. The van der Waals surface area contributed by atoms with Gasteiger partial charge in [-0.3, -0.25) is 4.79 Å². The van der Waals surface area contributed by atoms with Gasteiger partial charge in [0.2, 0.25) is 5.82 Å². The Morgan fingerprint density at radius 2 is 2.00 bits per heavy atom. The number of rotatable bonds is 5. The molecule has 9 heteroatoms. The number of benzene rings is 2. The summed E-state index contributed by atoms with van der Waals surface area (Å²) in [7, 11) is 0. The summed E-state index contributed by atoms with van der Waals surface area (Å²) in [6.45, 7) is -1.25. The van der Waals surface area contributed by atoms with Crippen LogP contribution in [-0.4, -0.2) is 27.3 Å². The highest BCUT2D eigenvalue weighted by Gasteiger charge is 2.16. The minimum absolute atomic E-state index is 0.0635. The van der Waals surface area contributed by atoms with Crippen LogP contribution in [0.15, 0.2) is 48.5 Å². The van der Waals surface area contributed by atoms with E-state index in [0.29, 0.717) is 16.5 Å². The molecule has 26 heavy (non-hydrogen) atoms. The Labute approximate surface area is 152 Å². The van der Waals surface area contributed by atoms with Gasteiger partial charge in [-0.2, -0.15) is 8.78 Å². The fourth-order valence-electron chi connectivity index (χ4n) is 2.28. The predicted molar refractivity (Wildman–Crippen MR) is 92.1 cm³/mol. The van der Waals surface area contributed by atoms with Crippen LogP contribution in [0.2, 0.25) is 5.02 Å². The van der Waals surface area contributed by atoms with E-state index in [1.165, 1.54) is 28.9 Å². The predicted octanol–water partition coefficient (Wildman–Crippen LogP) is 4.08. The average molecular weight is 379 g/mol. The smallest absolute Gasteiger partial charge is 0.387 e. The SMILES string of the molecule is Cc1nc(C(=O)Nc2cccc(OC(F)F)c2)nn1-c1cccc(Cl)c1. The van der Waals surface area contributed by atoms with Crippen molar-refractivity contribution in [1.29, 1.82) is 0 Å². The van der Waals surface area contributed by atoms with Gasteiger partial charge in [0.15, 0.2) is 0 Å². The maximum atomic E-state index is 12.3. The fourth-order valence-corrected chi connectivity index (χ4v) is 2.46. The van der Waals surface area contributed by atoms with E-state index in [-0.39, 0.29) is 17.3 Å². The summed E-state index contributed by atoms with van der Waals surface area (Å²) < 4.78 is 30.3. The molecule has 3 rings (SSSR count). The molecule has 0 bridgehead atoms. The number of anilines is 1. The standard InChI is InChI=1S/C17H13ClF2N4O2/c1-10-21-15(23-24(10)13-6-2-4-11(18)8-13)16(25)22-12-5-3-7-14(9-12)26-17(19)20/h2-9,17H,1H3,(H,22,25). The van der Waals surface area contributed by atoms with Gasteiger partial charge in [-0.25, -0.2) is 9.67 Å². The molecule has 2 aromatic carbocycles. The van der Waals surface area contributed by atoms with E-state index in [1.54, 1.807) is 31.2 Å². The molecular weight excluding hydrogens is 366 g/mol. The quantitative estimate of drug-likeness (QED) is 0.726. The molecule has 1 amide bonds. The molecule has 0 aliphatic rings. The first-order valence-corrected chi connectivity index (χ1v) is 7.86. The van der Waals surface area contributed by atoms with Crippen LogP contribution in [0.5, 0.6) is 5.75 Å². The largest absolute Gasteiger partial charge is 0.435 e. The van der Waals surface area contributed by atoms with Gasteiger partial charge in [0.25, 0.3) is 5.91 Å². The molecule has 1 heterocycles. The van der Waals surface area contributed by atoms with Crippen LogP contribution >= 0.6 is 11.6 Å². The summed E-state index contributed by atoms with van der Waals surface area (Å²) in [5.74, 6) is -0.218. The van der Waals surface area contributed by atoms with E-state index in [4.69, 9.17) is 11.6 Å². The van der Waals surface area contributed by atoms with Crippen LogP contribution in [0.4, 0.5) is 14.5 Å². The van der Waals surface area contributed by atoms with Crippen LogP contribution in [-0.2, 0) is 0 Å². The molecule has 1 N–H and O–H groups in total. The van der Waals surface area contributed by atoms with Crippen molar-refractivity contribution in [2.24, 2.45) is 0 Å². The van der Waals surface area contributed by atoms with Crippen LogP contribution in [0, 0.1) is 6.92 Å². The molecule has 6 nitrogen and oxygen atoms in total. The number of aromatic nitrogens is 3. The second-order valence-electron chi connectivity index (χ2n) is 5.23. The van der Waals surface area contributed by atoms with Crippen molar-refractivity contribution in [2.75, 3.05) is 5.32 Å². The summed E-state index contributed by atoms with van der Waals surface area (Å²) in [5, 5.41) is 7.25. The number of carbonyl (C=O) groups excluding carboxylic acids is 1. The molecule has 134 valence electrons. The van der Waals surface area contributed by atoms with Crippen molar-refractivity contribution in [3.63, 3.8) is 0 Å². The van der Waals surface area contributed by atoms with Gasteiger partial charge in [-0.15, -0.1) is 5.10 Å². The zero-order valence-corrected chi connectivity index (χ0v) is 14.2. The van der Waals surface area contributed by atoms with Crippen LogP contribution < -0.4 is 10.1 Å². The molecule has 0 aliphatic carbocycles. The number of halogens is 3. The highest BCUT2D eigenvalue weighted by atomic mass is 35.5. The highest BCUT2D eigenvalue weighted by molar-refractivity contribution is 6.30. The molecule has 0 spiro atoms. The first kappa shape index (κ1) is 17.8. The molecule has 0 aliphatic heterocycles. The number of ether oxygens (including phenoxy) is 1. The van der Waals surface area contributed by atoms with Crippen molar-refractivity contribution in [3.8, 4) is 11.4 Å². The third-order valence-corrected chi connectivity index (χ3v) is 3.58. The molecule has 0 atom stereocenters.